The highest BCUT2D eigenvalue weighted by Gasteiger charge is 2.12. The maximum absolute atomic E-state index is 11.8. The molecule has 0 aliphatic rings. The molecule has 6 nitrogen and oxygen atoms in total. The molecule has 0 radical (unpaired) electrons. The molecule has 0 aliphatic carbocycles. The number of carbonyl (C=O) groups excluding carboxylic acids is 1. The van der Waals surface area contributed by atoms with Gasteiger partial charge >= 0.3 is 12.1 Å². The highest BCUT2D eigenvalue weighted by molar-refractivity contribution is 5.91. The maximum atomic E-state index is 11.8. The second kappa shape index (κ2) is 7.12. The predicted molar refractivity (Wildman–Crippen MR) is 80.2 cm³/mol. The van der Waals surface area contributed by atoms with E-state index in [1.807, 2.05) is 30.3 Å². The molecule has 0 bridgehead atoms. The third-order valence-corrected chi connectivity index (χ3v) is 2.90. The molecule has 0 heterocycles. The molecule has 114 valence electrons. The number of hydrogen-bond acceptors (Lipinski definition) is 4. The Morgan fingerprint density at radius 1 is 1.14 bits per heavy atom. The van der Waals surface area contributed by atoms with E-state index in [4.69, 9.17) is 14.6 Å². The fourth-order valence-electron chi connectivity index (χ4n) is 1.80. The molecule has 0 aliphatic heterocycles. The van der Waals surface area contributed by atoms with E-state index in [1.165, 1.54) is 25.3 Å². The first-order valence-electron chi connectivity index (χ1n) is 6.49. The van der Waals surface area contributed by atoms with Crippen molar-refractivity contribution in [1.29, 1.82) is 0 Å². The van der Waals surface area contributed by atoms with E-state index >= 15 is 0 Å². The summed E-state index contributed by atoms with van der Waals surface area (Å²) in [5.41, 5.74) is 1.27. The molecule has 2 aromatic rings. The first-order chi connectivity index (χ1) is 10.6. The zero-order valence-electron chi connectivity index (χ0n) is 11.9. The molecule has 0 saturated heterocycles. The minimum absolute atomic E-state index is 0.0695. The van der Waals surface area contributed by atoms with Gasteiger partial charge < -0.3 is 14.6 Å². The van der Waals surface area contributed by atoms with Crippen LogP contribution in [0.25, 0.3) is 0 Å². The molecular formula is C16H15NO5. The molecule has 2 aromatic carbocycles. The number of aromatic carboxylic acids is 1. The van der Waals surface area contributed by atoms with Crippen LogP contribution in [-0.4, -0.2) is 24.3 Å². The Morgan fingerprint density at radius 3 is 2.50 bits per heavy atom. The van der Waals surface area contributed by atoms with Gasteiger partial charge in [0.15, 0.2) is 0 Å². The highest BCUT2D eigenvalue weighted by Crippen LogP contribution is 2.25. The van der Waals surface area contributed by atoms with Crippen LogP contribution in [0.3, 0.4) is 0 Å². The van der Waals surface area contributed by atoms with Crippen molar-refractivity contribution in [3.63, 3.8) is 0 Å². The van der Waals surface area contributed by atoms with Crippen LogP contribution in [0.2, 0.25) is 0 Å². The number of methoxy groups -OCH3 is 1. The van der Waals surface area contributed by atoms with Crippen molar-refractivity contribution < 1.29 is 24.2 Å². The monoisotopic (exact) mass is 301 g/mol. The van der Waals surface area contributed by atoms with E-state index in [0.29, 0.717) is 5.69 Å². The van der Waals surface area contributed by atoms with Gasteiger partial charge in [0.05, 0.1) is 18.4 Å². The van der Waals surface area contributed by atoms with Crippen molar-refractivity contribution in [1.82, 2.24) is 0 Å². The summed E-state index contributed by atoms with van der Waals surface area (Å²) < 4.78 is 10.2. The summed E-state index contributed by atoms with van der Waals surface area (Å²) in [6, 6.07) is 13.4. The normalized spacial score (nSPS) is 9.86. The van der Waals surface area contributed by atoms with E-state index in [1.54, 1.807) is 0 Å². The van der Waals surface area contributed by atoms with Crippen LogP contribution in [0, 0.1) is 0 Å². The van der Waals surface area contributed by atoms with Crippen molar-refractivity contribution >= 4 is 17.7 Å². The summed E-state index contributed by atoms with van der Waals surface area (Å²) in [5, 5.41) is 11.4. The Labute approximate surface area is 127 Å². The standard InChI is InChI=1S/C16H15NO5/c1-21-14-9-12(15(18)19)7-8-13(14)17-16(20)22-10-11-5-3-2-4-6-11/h2-9H,10H2,1H3,(H,17,20)(H,18,19). The van der Waals surface area contributed by atoms with E-state index in [-0.39, 0.29) is 17.9 Å². The van der Waals surface area contributed by atoms with E-state index in [0.717, 1.165) is 5.56 Å². The number of carbonyl (C=O) groups is 2. The number of carboxylic acids is 1. The van der Waals surface area contributed by atoms with E-state index in [9.17, 15) is 9.59 Å². The Kier molecular flexibility index (Phi) is 4.98. The van der Waals surface area contributed by atoms with Crippen LogP contribution in [-0.2, 0) is 11.3 Å². The molecule has 0 fully saturated rings. The van der Waals surface area contributed by atoms with Crippen LogP contribution in [0.1, 0.15) is 15.9 Å². The van der Waals surface area contributed by atoms with Crippen LogP contribution >= 0.6 is 0 Å². The van der Waals surface area contributed by atoms with E-state index in [2.05, 4.69) is 5.32 Å². The highest BCUT2D eigenvalue weighted by atomic mass is 16.5. The van der Waals surface area contributed by atoms with E-state index < -0.39 is 12.1 Å². The largest absolute Gasteiger partial charge is 0.495 e. The van der Waals surface area contributed by atoms with Crippen LogP contribution in [0.15, 0.2) is 48.5 Å². The fourth-order valence-corrected chi connectivity index (χ4v) is 1.80. The van der Waals surface area contributed by atoms with Gasteiger partial charge in [-0.15, -0.1) is 0 Å². The van der Waals surface area contributed by atoms with Gasteiger partial charge in [-0.3, -0.25) is 5.32 Å². The molecule has 22 heavy (non-hydrogen) atoms. The van der Waals surface area contributed by atoms with Crippen molar-refractivity contribution in [2.45, 2.75) is 6.61 Å². The molecule has 1 amide bonds. The predicted octanol–water partition coefficient (Wildman–Crippen LogP) is 3.14. The molecule has 0 spiro atoms. The smallest absolute Gasteiger partial charge is 0.412 e. The number of benzene rings is 2. The quantitative estimate of drug-likeness (QED) is 0.886. The maximum Gasteiger partial charge on any atom is 0.412 e. The van der Waals surface area contributed by atoms with Crippen LogP contribution in [0.5, 0.6) is 5.75 Å². The zero-order valence-corrected chi connectivity index (χ0v) is 11.9. The molecule has 2 rings (SSSR count). The van der Waals surface area contributed by atoms with Crippen molar-refractivity contribution in [3.05, 3.63) is 59.7 Å². The summed E-state index contributed by atoms with van der Waals surface area (Å²) >= 11 is 0. The fraction of sp³-hybridized carbons (Fsp3) is 0.125. The Bertz CT molecular complexity index is 669. The Hall–Kier alpha value is -3.02. The lowest BCUT2D eigenvalue weighted by atomic mass is 10.2. The van der Waals surface area contributed by atoms with Gasteiger partial charge in [-0.05, 0) is 23.8 Å². The average Bonchev–Trinajstić information content (AvgIpc) is 2.54. The lowest BCUT2D eigenvalue weighted by Crippen LogP contribution is -2.14. The SMILES string of the molecule is COc1cc(C(=O)O)ccc1NC(=O)OCc1ccccc1. The summed E-state index contributed by atoms with van der Waals surface area (Å²) in [7, 11) is 1.39. The zero-order chi connectivity index (χ0) is 15.9. The molecule has 0 unspecified atom stereocenters. The number of hydrogen-bond donors (Lipinski definition) is 2. The third-order valence-electron chi connectivity index (χ3n) is 2.90. The number of carboxylic acid groups (broad SMARTS) is 1. The summed E-state index contributed by atoms with van der Waals surface area (Å²) in [4.78, 5) is 22.7. The summed E-state index contributed by atoms with van der Waals surface area (Å²) in [5.74, 6) is -0.826. The number of nitrogens with one attached hydrogen (secondary N) is 1. The lowest BCUT2D eigenvalue weighted by Gasteiger charge is -2.11. The van der Waals surface area contributed by atoms with Gasteiger partial charge in [0, 0.05) is 0 Å². The Morgan fingerprint density at radius 2 is 1.86 bits per heavy atom. The summed E-state index contributed by atoms with van der Waals surface area (Å²) in [6.07, 6.45) is -0.648. The summed E-state index contributed by atoms with van der Waals surface area (Å²) in [6.45, 7) is 0.141. The molecule has 6 heteroatoms. The van der Waals surface area contributed by atoms with Gasteiger partial charge in [0.2, 0.25) is 0 Å². The molecule has 0 atom stereocenters. The first-order valence-corrected chi connectivity index (χ1v) is 6.49. The van der Waals surface area contributed by atoms with Gasteiger partial charge in [-0.1, -0.05) is 30.3 Å². The second-order valence-electron chi connectivity index (χ2n) is 4.41. The average molecular weight is 301 g/mol. The molecule has 2 N–H and O–H groups in total. The van der Waals surface area contributed by atoms with Crippen LogP contribution in [0.4, 0.5) is 10.5 Å². The minimum Gasteiger partial charge on any atom is -0.495 e. The molecule has 0 saturated carbocycles. The van der Waals surface area contributed by atoms with Gasteiger partial charge in [-0.2, -0.15) is 0 Å². The van der Waals surface area contributed by atoms with Crippen molar-refractivity contribution in [2.75, 3.05) is 12.4 Å². The minimum atomic E-state index is -1.07. The Balaban J connectivity index is 2.00. The first kappa shape index (κ1) is 15.4. The number of ether oxygens (including phenoxy) is 2. The second-order valence-corrected chi connectivity index (χ2v) is 4.41. The number of rotatable bonds is 5. The van der Waals surface area contributed by atoms with Crippen molar-refractivity contribution in [2.24, 2.45) is 0 Å². The molecule has 0 aromatic heterocycles. The third kappa shape index (κ3) is 3.99. The number of amides is 1. The lowest BCUT2D eigenvalue weighted by molar-refractivity contribution is 0.0696. The van der Waals surface area contributed by atoms with Gasteiger partial charge in [0.25, 0.3) is 0 Å². The van der Waals surface area contributed by atoms with Gasteiger partial charge in [0.1, 0.15) is 12.4 Å². The topological polar surface area (TPSA) is 84.9 Å². The van der Waals surface area contributed by atoms with Crippen LogP contribution < -0.4 is 10.1 Å². The molecular weight excluding hydrogens is 286 g/mol. The van der Waals surface area contributed by atoms with Crippen molar-refractivity contribution in [3.8, 4) is 5.75 Å². The van der Waals surface area contributed by atoms with Gasteiger partial charge in [-0.25, -0.2) is 9.59 Å². The number of anilines is 1.